The lowest BCUT2D eigenvalue weighted by Crippen LogP contribution is -1.92. The van der Waals surface area contributed by atoms with Crippen molar-refractivity contribution < 1.29 is 0 Å². The van der Waals surface area contributed by atoms with Gasteiger partial charge >= 0.3 is 0 Å². The Labute approximate surface area is 201 Å². The van der Waals surface area contributed by atoms with Crippen LogP contribution in [0.25, 0.3) is 54.9 Å². The summed E-state index contributed by atoms with van der Waals surface area (Å²) in [4.78, 5) is 0. The first-order valence-corrected chi connectivity index (χ1v) is 11.9. The minimum atomic E-state index is 1.25. The summed E-state index contributed by atoms with van der Waals surface area (Å²) >= 11 is 0. The Bertz CT molecular complexity index is 1510. The van der Waals surface area contributed by atoms with Gasteiger partial charge in [-0.05, 0) is 92.0 Å². The first kappa shape index (κ1) is 20.4. The maximum atomic E-state index is 2.32. The number of hydrogen-bond donors (Lipinski definition) is 0. The van der Waals surface area contributed by atoms with E-state index in [4.69, 9.17) is 0 Å². The van der Waals surface area contributed by atoms with Gasteiger partial charge in [0.05, 0.1) is 0 Å². The standard InChI is InChI=1S/C34H26/c1-23-13-15-29-21-27(25-9-5-3-6-10-25)17-19-31(29)33(23)34-24(2)14-16-30-22-28(18-20-32(30)34)26-11-7-4-8-12-26/h3-22H,1-2H3. The van der Waals surface area contributed by atoms with Crippen LogP contribution in [0.15, 0.2) is 121 Å². The van der Waals surface area contributed by atoms with Crippen LogP contribution < -0.4 is 0 Å². The average Bonchev–Trinajstić information content (AvgIpc) is 2.90. The van der Waals surface area contributed by atoms with Crippen molar-refractivity contribution in [3.63, 3.8) is 0 Å². The fourth-order valence-corrected chi connectivity index (χ4v) is 5.16. The topological polar surface area (TPSA) is 0 Å². The highest BCUT2D eigenvalue weighted by Gasteiger charge is 2.14. The van der Waals surface area contributed by atoms with E-state index >= 15 is 0 Å². The molecule has 0 saturated carbocycles. The van der Waals surface area contributed by atoms with Gasteiger partial charge in [0.25, 0.3) is 0 Å². The van der Waals surface area contributed by atoms with Crippen molar-refractivity contribution in [2.75, 3.05) is 0 Å². The van der Waals surface area contributed by atoms with Crippen LogP contribution in [0.1, 0.15) is 11.1 Å². The summed E-state index contributed by atoms with van der Waals surface area (Å²) in [7, 11) is 0. The van der Waals surface area contributed by atoms with Crippen LogP contribution in [0.2, 0.25) is 0 Å². The number of benzene rings is 6. The number of fused-ring (bicyclic) bond motifs is 2. The Morgan fingerprint density at radius 2 is 0.765 bits per heavy atom. The van der Waals surface area contributed by atoms with Crippen LogP contribution in [0.4, 0.5) is 0 Å². The smallest absolute Gasteiger partial charge is 0.00672 e. The second kappa shape index (κ2) is 8.32. The van der Waals surface area contributed by atoms with Gasteiger partial charge in [0, 0.05) is 0 Å². The van der Waals surface area contributed by atoms with Gasteiger partial charge in [-0.3, -0.25) is 0 Å². The Morgan fingerprint density at radius 3 is 1.18 bits per heavy atom. The number of rotatable bonds is 3. The first-order valence-electron chi connectivity index (χ1n) is 11.9. The third-order valence-electron chi connectivity index (χ3n) is 6.92. The molecule has 0 unspecified atom stereocenters. The fraction of sp³-hybridized carbons (Fsp3) is 0.0588. The normalized spacial score (nSPS) is 11.2. The lowest BCUT2D eigenvalue weighted by atomic mass is 9.86. The predicted octanol–water partition coefficient (Wildman–Crippen LogP) is 9.61. The zero-order valence-electron chi connectivity index (χ0n) is 19.5. The SMILES string of the molecule is Cc1ccc2cc(-c3ccccc3)ccc2c1-c1c(C)ccc2cc(-c3ccccc3)ccc12. The van der Waals surface area contributed by atoms with Crippen molar-refractivity contribution in [1.82, 2.24) is 0 Å². The van der Waals surface area contributed by atoms with Crippen molar-refractivity contribution in [3.8, 4) is 33.4 Å². The van der Waals surface area contributed by atoms with Crippen LogP contribution in [0.5, 0.6) is 0 Å². The van der Waals surface area contributed by atoms with E-state index in [9.17, 15) is 0 Å². The molecule has 0 atom stereocenters. The van der Waals surface area contributed by atoms with Crippen molar-refractivity contribution in [1.29, 1.82) is 0 Å². The highest BCUT2D eigenvalue weighted by molar-refractivity contribution is 6.09. The van der Waals surface area contributed by atoms with Crippen LogP contribution in [-0.2, 0) is 0 Å². The maximum Gasteiger partial charge on any atom is -0.00672 e. The van der Waals surface area contributed by atoms with Gasteiger partial charge in [-0.1, -0.05) is 109 Å². The zero-order chi connectivity index (χ0) is 23.1. The Hall–Kier alpha value is -4.16. The third kappa shape index (κ3) is 3.49. The molecule has 0 amide bonds. The van der Waals surface area contributed by atoms with E-state index in [0.717, 1.165) is 0 Å². The van der Waals surface area contributed by atoms with E-state index in [1.807, 2.05) is 0 Å². The minimum absolute atomic E-state index is 1.25. The molecule has 6 rings (SSSR count). The van der Waals surface area contributed by atoms with Crippen molar-refractivity contribution in [3.05, 3.63) is 132 Å². The second-order valence-electron chi connectivity index (χ2n) is 9.12. The summed E-state index contributed by atoms with van der Waals surface area (Å²) in [5.41, 5.74) is 10.3. The molecule has 0 saturated heterocycles. The van der Waals surface area contributed by atoms with Crippen LogP contribution >= 0.6 is 0 Å². The van der Waals surface area contributed by atoms with Crippen molar-refractivity contribution in [2.45, 2.75) is 13.8 Å². The number of hydrogen-bond acceptors (Lipinski definition) is 0. The summed E-state index contributed by atoms with van der Waals surface area (Å²) in [5.74, 6) is 0. The summed E-state index contributed by atoms with van der Waals surface area (Å²) in [6.45, 7) is 4.47. The molecule has 0 fully saturated rings. The van der Waals surface area contributed by atoms with Gasteiger partial charge in [-0.25, -0.2) is 0 Å². The number of aryl methyl sites for hydroxylation is 2. The Morgan fingerprint density at radius 1 is 0.353 bits per heavy atom. The minimum Gasteiger partial charge on any atom is -0.0622 e. The summed E-state index contributed by atoms with van der Waals surface area (Å²) in [6.07, 6.45) is 0. The molecular formula is C34H26. The lowest BCUT2D eigenvalue weighted by molar-refractivity contribution is 1.45. The molecule has 0 nitrogen and oxygen atoms in total. The molecule has 0 aliphatic heterocycles. The first-order chi connectivity index (χ1) is 16.7. The van der Waals surface area contributed by atoms with E-state index in [1.54, 1.807) is 0 Å². The molecule has 0 bridgehead atoms. The van der Waals surface area contributed by atoms with E-state index in [2.05, 4.69) is 135 Å². The molecule has 6 aromatic carbocycles. The van der Waals surface area contributed by atoms with Crippen LogP contribution in [-0.4, -0.2) is 0 Å². The highest BCUT2D eigenvalue weighted by Crippen LogP contribution is 2.40. The quantitative estimate of drug-likeness (QED) is 0.260. The maximum absolute atomic E-state index is 2.32. The molecule has 0 radical (unpaired) electrons. The van der Waals surface area contributed by atoms with Crippen LogP contribution in [0.3, 0.4) is 0 Å². The molecule has 6 aromatic rings. The lowest BCUT2D eigenvalue weighted by Gasteiger charge is -2.17. The van der Waals surface area contributed by atoms with E-state index in [0.29, 0.717) is 0 Å². The van der Waals surface area contributed by atoms with Gasteiger partial charge in [-0.15, -0.1) is 0 Å². The van der Waals surface area contributed by atoms with E-state index < -0.39 is 0 Å². The van der Waals surface area contributed by atoms with Crippen molar-refractivity contribution in [2.24, 2.45) is 0 Å². The van der Waals surface area contributed by atoms with E-state index in [1.165, 1.54) is 66.1 Å². The van der Waals surface area contributed by atoms with Gasteiger partial charge in [-0.2, -0.15) is 0 Å². The summed E-state index contributed by atoms with van der Waals surface area (Å²) in [6, 6.07) is 44.1. The van der Waals surface area contributed by atoms with Gasteiger partial charge in [0.1, 0.15) is 0 Å². The molecule has 0 aliphatic carbocycles. The molecule has 0 aromatic heterocycles. The van der Waals surface area contributed by atoms with Gasteiger partial charge in [0.15, 0.2) is 0 Å². The fourth-order valence-electron chi connectivity index (χ4n) is 5.16. The van der Waals surface area contributed by atoms with Crippen LogP contribution in [0, 0.1) is 13.8 Å². The molecule has 162 valence electrons. The second-order valence-corrected chi connectivity index (χ2v) is 9.12. The predicted molar refractivity (Wildman–Crippen MR) is 147 cm³/mol. The molecule has 0 aliphatic rings. The molecule has 0 heterocycles. The summed E-state index contributed by atoms with van der Waals surface area (Å²) < 4.78 is 0. The molecule has 34 heavy (non-hydrogen) atoms. The third-order valence-corrected chi connectivity index (χ3v) is 6.92. The molecule has 0 N–H and O–H groups in total. The largest absolute Gasteiger partial charge is 0.0622 e. The summed E-state index contributed by atoms with van der Waals surface area (Å²) in [5, 5.41) is 5.17. The van der Waals surface area contributed by atoms with Gasteiger partial charge < -0.3 is 0 Å². The Kier molecular flexibility index (Phi) is 5.00. The average molecular weight is 435 g/mol. The molecule has 0 heteroatoms. The van der Waals surface area contributed by atoms with Crippen molar-refractivity contribution >= 4 is 21.5 Å². The Balaban J connectivity index is 1.57. The molecule has 0 spiro atoms. The monoisotopic (exact) mass is 434 g/mol. The highest BCUT2D eigenvalue weighted by atomic mass is 14.2. The zero-order valence-corrected chi connectivity index (χ0v) is 19.5. The van der Waals surface area contributed by atoms with Gasteiger partial charge in [0.2, 0.25) is 0 Å². The molecular weight excluding hydrogens is 408 g/mol. The van der Waals surface area contributed by atoms with E-state index in [-0.39, 0.29) is 0 Å².